The maximum atomic E-state index is 3.76. The maximum Gasteiger partial charge on any atom is -0.0100 e. The molecule has 0 aliphatic rings. The Morgan fingerprint density at radius 1 is 1.14 bits per heavy atom. The van der Waals surface area contributed by atoms with Crippen LogP contribution < -0.4 is 0 Å². The molecule has 0 aromatic heterocycles. The van der Waals surface area contributed by atoms with E-state index in [2.05, 4.69) is 44.4 Å². The first-order chi connectivity index (χ1) is 6.74. The van der Waals surface area contributed by atoms with Gasteiger partial charge in [0.15, 0.2) is 0 Å². The van der Waals surface area contributed by atoms with Crippen molar-refractivity contribution < 1.29 is 0 Å². The molecule has 0 atom stereocenters. The Hall–Kier alpha value is -1.30. The topological polar surface area (TPSA) is 0 Å². The number of hydrogen-bond acceptors (Lipinski definition) is 0. The molecule has 0 saturated carbocycles. The van der Waals surface area contributed by atoms with Crippen LogP contribution in [0.4, 0.5) is 0 Å². The molecule has 0 aliphatic carbocycles. The van der Waals surface area contributed by atoms with Crippen LogP contribution in [0.15, 0.2) is 60.8 Å². The molecular weight excluding hydrogens is 168 g/mol. The SMILES string of the molecule is C=CC/C(C=C)=C/C=C(\C)C/C=C/C. The molecule has 0 unspecified atom stereocenters. The summed E-state index contributed by atoms with van der Waals surface area (Å²) in [6, 6.07) is 0. The summed E-state index contributed by atoms with van der Waals surface area (Å²) >= 11 is 0. The van der Waals surface area contributed by atoms with Crippen LogP contribution in [0.3, 0.4) is 0 Å². The fourth-order valence-electron chi connectivity index (χ4n) is 1.01. The lowest BCUT2D eigenvalue weighted by Gasteiger charge is -1.96. The van der Waals surface area contributed by atoms with Gasteiger partial charge in [-0.3, -0.25) is 0 Å². The van der Waals surface area contributed by atoms with Crippen LogP contribution in [-0.2, 0) is 0 Å². The number of hydrogen-bond donors (Lipinski definition) is 0. The van der Waals surface area contributed by atoms with Crippen LogP contribution in [-0.4, -0.2) is 0 Å². The molecule has 0 aromatic rings. The average Bonchev–Trinajstić information content (AvgIpc) is 2.21. The van der Waals surface area contributed by atoms with Crippen molar-refractivity contribution >= 4 is 0 Å². The Bertz CT molecular complexity index is 262. The summed E-state index contributed by atoms with van der Waals surface area (Å²) < 4.78 is 0. The van der Waals surface area contributed by atoms with Crippen molar-refractivity contribution in [2.75, 3.05) is 0 Å². The summed E-state index contributed by atoms with van der Waals surface area (Å²) in [5.41, 5.74) is 2.56. The van der Waals surface area contributed by atoms with E-state index in [1.807, 2.05) is 19.1 Å². The molecule has 0 spiro atoms. The fraction of sp³-hybridized carbons (Fsp3) is 0.286. The molecule has 76 valence electrons. The minimum atomic E-state index is 0.886. The second kappa shape index (κ2) is 8.31. The van der Waals surface area contributed by atoms with E-state index in [-0.39, 0.29) is 0 Å². The molecule has 0 heterocycles. The summed E-state index contributed by atoms with van der Waals surface area (Å²) in [6.45, 7) is 11.6. The van der Waals surface area contributed by atoms with Crippen molar-refractivity contribution in [1.29, 1.82) is 0 Å². The van der Waals surface area contributed by atoms with Crippen LogP contribution in [0.2, 0.25) is 0 Å². The quantitative estimate of drug-likeness (QED) is 0.422. The van der Waals surface area contributed by atoms with Gasteiger partial charge in [0.2, 0.25) is 0 Å². The molecule has 0 nitrogen and oxygen atoms in total. The van der Waals surface area contributed by atoms with Crippen LogP contribution in [0.25, 0.3) is 0 Å². The fourth-order valence-corrected chi connectivity index (χ4v) is 1.01. The number of rotatable bonds is 6. The van der Waals surface area contributed by atoms with Crippen molar-refractivity contribution in [3.63, 3.8) is 0 Å². The molecule has 0 N–H and O–H groups in total. The predicted molar refractivity (Wildman–Crippen MR) is 66.3 cm³/mol. The number of allylic oxidation sites excluding steroid dienone is 8. The molecule has 0 rings (SSSR count). The highest BCUT2D eigenvalue weighted by molar-refractivity contribution is 5.26. The van der Waals surface area contributed by atoms with Crippen LogP contribution in [0.5, 0.6) is 0 Å². The molecule has 0 amide bonds. The van der Waals surface area contributed by atoms with Gasteiger partial charge in [-0.25, -0.2) is 0 Å². The van der Waals surface area contributed by atoms with Gasteiger partial charge in [0.25, 0.3) is 0 Å². The molecule has 0 heteroatoms. The summed E-state index contributed by atoms with van der Waals surface area (Å²) in [5, 5.41) is 0. The first-order valence-electron chi connectivity index (χ1n) is 4.95. The van der Waals surface area contributed by atoms with E-state index in [1.165, 1.54) is 11.1 Å². The second-order valence-electron chi connectivity index (χ2n) is 3.22. The zero-order valence-corrected chi connectivity index (χ0v) is 9.29. The molecule has 0 aliphatic heterocycles. The van der Waals surface area contributed by atoms with Gasteiger partial charge in [-0.05, 0) is 32.3 Å². The predicted octanol–water partition coefficient (Wildman–Crippen LogP) is 4.59. The first kappa shape index (κ1) is 12.7. The molecule has 14 heavy (non-hydrogen) atoms. The van der Waals surface area contributed by atoms with Gasteiger partial charge >= 0.3 is 0 Å². The zero-order chi connectivity index (χ0) is 10.8. The summed E-state index contributed by atoms with van der Waals surface area (Å²) in [6.07, 6.45) is 14.1. The molecule has 0 saturated heterocycles. The van der Waals surface area contributed by atoms with Gasteiger partial charge in [0.05, 0.1) is 0 Å². The van der Waals surface area contributed by atoms with Crippen LogP contribution >= 0.6 is 0 Å². The van der Waals surface area contributed by atoms with Crippen molar-refractivity contribution in [2.45, 2.75) is 26.7 Å². The van der Waals surface area contributed by atoms with Crippen molar-refractivity contribution in [1.82, 2.24) is 0 Å². The van der Waals surface area contributed by atoms with Gasteiger partial charge < -0.3 is 0 Å². The van der Waals surface area contributed by atoms with E-state index in [1.54, 1.807) is 0 Å². The highest BCUT2D eigenvalue weighted by Crippen LogP contribution is 2.07. The van der Waals surface area contributed by atoms with Gasteiger partial charge in [-0.2, -0.15) is 0 Å². The summed E-state index contributed by atoms with van der Waals surface area (Å²) in [5.74, 6) is 0. The van der Waals surface area contributed by atoms with Gasteiger partial charge in [0.1, 0.15) is 0 Å². The third kappa shape index (κ3) is 6.24. The van der Waals surface area contributed by atoms with Crippen molar-refractivity contribution in [3.05, 3.63) is 60.8 Å². The highest BCUT2D eigenvalue weighted by Gasteiger charge is 1.86. The van der Waals surface area contributed by atoms with E-state index in [9.17, 15) is 0 Å². The second-order valence-corrected chi connectivity index (χ2v) is 3.22. The monoisotopic (exact) mass is 188 g/mol. The van der Waals surface area contributed by atoms with Gasteiger partial charge in [-0.15, -0.1) is 6.58 Å². The van der Waals surface area contributed by atoms with E-state index in [0.29, 0.717) is 0 Å². The third-order valence-electron chi connectivity index (χ3n) is 1.90. The maximum absolute atomic E-state index is 3.76. The highest BCUT2D eigenvalue weighted by atomic mass is 13.9. The molecule has 0 radical (unpaired) electrons. The Kier molecular flexibility index (Phi) is 7.53. The lowest BCUT2D eigenvalue weighted by atomic mass is 10.1. The lowest BCUT2D eigenvalue weighted by molar-refractivity contribution is 1.20. The van der Waals surface area contributed by atoms with E-state index >= 15 is 0 Å². The standard InChI is InChI=1S/C14H20/c1-5-8-10-13(4)11-12-14(7-3)9-6-2/h5-8,11-12H,2-3,9-10H2,1,4H3/b8-5+,13-11+,14-12+. The Morgan fingerprint density at radius 2 is 1.86 bits per heavy atom. The van der Waals surface area contributed by atoms with Crippen molar-refractivity contribution in [3.8, 4) is 0 Å². The molecule has 0 aromatic carbocycles. The summed E-state index contributed by atoms with van der Waals surface area (Å²) in [7, 11) is 0. The minimum Gasteiger partial charge on any atom is -0.103 e. The zero-order valence-electron chi connectivity index (χ0n) is 9.29. The molecule has 0 bridgehead atoms. The smallest absolute Gasteiger partial charge is 0.0100 e. The van der Waals surface area contributed by atoms with Gasteiger partial charge in [-0.1, -0.05) is 48.6 Å². The first-order valence-corrected chi connectivity index (χ1v) is 4.95. The van der Waals surface area contributed by atoms with Crippen LogP contribution in [0.1, 0.15) is 26.7 Å². The van der Waals surface area contributed by atoms with Gasteiger partial charge in [0, 0.05) is 0 Å². The van der Waals surface area contributed by atoms with E-state index in [0.717, 1.165) is 12.8 Å². The third-order valence-corrected chi connectivity index (χ3v) is 1.90. The summed E-state index contributed by atoms with van der Waals surface area (Å²) in [4.78, 5) is 0. The Balaban J connectivity index is 4.32. The average molecular weight is 188 g/mol. The lowest BCUT2D eigenvalue weighted by Crippen LogP contribution is -1.75. The van der Waals surface area contributed by atoms with Crippen LogP contribution in [0, 0.1) is 0 Å². The Labute approximate surface area is 88.0 Å². The minimum absolute atomic E-state index is 0.886. The Morgan fingerprint density at radius 3 is 2.36 bits per heavy atom. The normalized spacial score (nSPS) is 13.3. The molecular formula is C14H20. The largest absolute Gasteiger partial charge is 0.103 e. The van der Waals surface area contributed by atoms with Crippen molar-refractivity contribution in [2.24, 2.45) is 0 Å². The van der Waals surface area contributed by atoms with E-state index < -0.39 is 0 Å². The van der Waals surface area contributed by atoms with E-state index in [4.69, 9.17) is 0 Å². The molecule has 0 fully saturated rings.